The van der Waals surface area contributed by atoms with Crippen molar-refractivity contribution in [3.05, 3.63) is 23.2 Å². The number of halogens is 1. The second-order valence-corrected chi connectivity index (χ2v) is 14.8. The summed E-state index contributed by atoms with van der Waals surface area (Å²) in [6, 6.07) is 3.57. The van der Waals surface area contributed by atoms with E-state index in [2.05, 4.69) is 5.32 Å². The van der Waals surface area contributed by atoms with Gasteiger partial charge in [-0.25, -0.2) is 9.78 Å². The van der Waals surface area contributed by atoms with Crippen LogP contribution in [-0.2, 0) is 19.1 Å². The maximum Gasteiger partial charge on any atom is 0.408 e. The average Bonchev–Trinajstić information content (AvgIpc) is 3.36. The zero-order valence-corrected chi connectivity index (χ0v) is 28.0. The van der Waals surface area contributed by atoms with Crippen molar-refractivity contribution in [3.63, 3.8) is 0 Å². The first-order valence-electron chi connectivity index (χ1n) is 15.5. The molecule has 0 radical (unpaired) electrons. The fourth-order valence-electron chi connectivity index (χ4n) is 6.30. The molecule has 2 heterocycles. The van der Waals surface area contributed by atoms with Crippen LogP contribution in [0.15, 0.2) is 23.2 Å². The fourth-order valence-corrected chi connectivity index (χ4v) is 7.20. The molecule has 3 aliphatic rings. The van der Waals surface area contributed by atoms with E-state index in [-0.39, 0.29) is 19.1 Å². The lowest BCUT2D eigenvalue weighted by Crippen LogP contribution is -2.57. The zero-order chi connectivity index (χ0) is 32.5. The highest BCUT2D eigenvalue weighted by molar-refractivity contribution is 7.99. The van der Waals surface area contributed by atoms with Gasteiger partial charge in [-0.1, -0.05) is 39.3 Å². The number of pyridine rings is 1. The molecule has 6 atom stereocenters. The number of nitrogens with two attached hydrogens (primary N) is 1. The number of thioether (sulfide) groups is 1. The number of likely N-dealkylation sites (tertiary alicyclic amines) is 1. The molecule has 11 nitrogen and oxygen atoms in total. The monoisotopic (exact) mass is 662 g/mol. The molecule has 1 aromatic heterocycles. The molecule has 0 bridgehead atoms. The van der Waals surface area contributed by atoms with Crippen LogP contribution in [0.5, 0.6) is 11.5 Å². The Kier molecular flexibility index (Phi) is 10.2. The van der Waals surface area contributed by atoms with Gasteiger partial charge in [-0.3, -0.25) is 9.59 Å². The molecule has 246 valence electrons. The van der Waals surface area contributed by atoms with Gasteiger partial charge in [0.15, 0.2) is 0 Å². The molecule has 2 saturated carbocycles. The van der Waals surface area contributed by atoms with Crippen molar-refractivity contribution in [2.24, 2.45) is 23.0 Å². The van der Waals surface area contributed by atoms with Gasteiger partial charge in [0.25, 0.3) is 0 Å². The predicted octanol–water partition coefficient (Wildman–Crippen LogP) is 4.80. The number of nitrogens with zero attached hydrogens (tertiary/aromatic N) is 2. The normalized spacial score (nSPS) is 24.7. The topological polar surface area (TPSA) is 142 Å². The highest BCUT2D eigenvalue weighted by atomic mass is 35.5. The minimum Gasteiger partial charge on any atom is -0.490 e. The Morgan fingerprint density at radius 3 is 2.49 bits per heavy atom. The number of amides is 3. The summed E-state index contributed by atoms with van der Waals surface area (Å²) in [5, 5.41) is 4.53. The molecule has 13 heteroatoms. The standard InChI is InChI=1S/C32H43ClN4O7S/c1-6-45-25-15-24(21-7-8-23(42-10-9-41-5)26(33)27(21)35-25)43-20-14-22(29(34)38)37(16-20)30(39)28(32(2,3)4)36-31(40)44-19-12-17-11-18(17)13-19/h7-8,15,17-20,22,28H,6,9-14,16H2,1-5H3,(H2,34,38)(H,36,40)/t17-,18+,19?,20?,22-,28+/m0/s1. The van der Waals surface area contributed by atoms with E-state index in [1.807, 2.05) is 39.8 Å². The van der Waals surface area contributed by atoms with E-state index in [4.69, 9.17) is 41.3 Å². The lowest BCUT2D eigenvalue weighted by Gasteiger charge is -2.35. The van der Waals surface area contributed by atoms with Gasteiger partial charge in [-0.2, -0.15) is 0 Å². The van der Waals surface area contributed by atoms with E-state index in [1.165, 1.54) is 23.1 Å². The third-order valence-electron chi connectivity index (χ3n) is 8.68. The number of rotatable bonds is 12. The van der Waals surface area contributed by atoms with Gasteiger partial charge < -0.3 is 34.9 Å². The molecule has 3 fully saturated rings. The van der Waals surface area contributed by atoms with Crippen LogP contribution in [0.25, 0.3) is 10.9 Å². The van der Waals surface area contributed by atoms with E-state index in [0.29, 0.717) is 57.5 Å². The average molecular weight is 663 g/mol. The number of carbonyl (C=O) groups is 3. The van der Waals surface area contributed by atoms with Crippen LogP contribution in [-0.4, -0.2) is 84.7 Å². The van der Waals surface area contributed by atoms with Gasteiger partial charge >= 0.3 is 6.09 Å². The van der Waals surface area contributed by atoms with Crippen molar-refractivity contribution in [1.82, 2.24) is 15.2 Å². The second-order valence-electron chi connectivity index (χ2n) is 13.1. The van der Waals surface area contributed by atoms with Crippen LogP contribution < -0.4 is 20.5 Å². The van der Waals surface area contributed by atoms with Gasteiger partial charge in [0.2, 0.25) is 11.8 Å². The fraction of sp³-hybridized carbons (Fsp3) is 0.625. The van der Waals surface area contributed by atoms with Crippen LogP contribution in [0.2, 0.25) is 5.02 Å². The maximum atomic E-state index is 14.0. The predicted molar refractivity (Wildman–Crippen MR) is 172 cm³/mol. The Morgan fingerprint density at radius 1 is 1.11 bits per heavy atom. The number of benzene rings is 1. The Hall–Kier alpha value is -2.96. The SMILES string of the molecule is CCSc1cc(OC2C[C@@H](C(N)=O)N(C(=O)[C@@H](NC(=O)OC3C[C@@H]4C[C@@H]4C3)C(C)(C)C)C2)c2ccc(OCCOC)c(Cl)c2n1. The Morgan fingerprint density at radius 2 is 1.84 bits per heavy atom. The molecular weight excluding hydrogens is 620 g/mol. The first-order valence-corrected chi connectivity index (χ1v) is 16.9. The van der Waals surface area contributed by atoms with Crippen LogP contribution in [0.4, 0.5) is 4.79 Å². The van der Waals surface area contributed by atoms with Crippen LogP contribution in [0.3, 0.4) is 0 Å². The molecule has 2 unspecified atom stereocenters. The molecule has 45 heavy (non-hydrogen) atoms. The van der Waals surface area contributed by atoms with Gasteiger partial charge in [0.1, 0.15) is 52.4 Å². The number of alkyl carbamates (subject to hydrolysis) is 1. The maximum absolute atomic E-state index is 14.0. The number of methoxy groups -OCH3 is 1. The molecule has 5 rings (SSSR count). The molecule has 3 amide bonds. The van der Waals surface area contributed by atoms with Crippen molar-refractivity contribution >= 4 is 52.2 Å². The summed E-state index contributed by atoms with van der Waals surface area (Å²) in [5.41, 5.74) is 5.66. The third kappa shape index (κ3) is 7.72. The summed E-state index contributed by atoms with van der Waals surface area (Å²) in [6.07, 6.45) is 1.85. The van der Waals surface area contributed by atoms with E-state index in [9.17, 15) is 14.4 Å². The zero-order valence-electron chi connectivity index (χ0n) is 26.5. The number of aromatic nitrogens is 1. The Bertz CT molecular complexity index is 1430. The van der Waals surface area contributed by atoms with Crippen molar-refractivity contribution in [1.29, 1.82) is 0 Å². The number of ether oxygens (including phenoxy) is 4. The second kappa shape index (κ2) is 13.8. The van der Waals surface area contributed by atoms with E-state index in [0.717, 1.165) is 18.6 Å². The van der Waals surface area contributed by atoms with E-state index in [1.54, 1.807) is 13.2 Å². The Balaban J connectivity index is 1.35. The molecule has 2 aliphatic carbocycles. The Labute approximate surface area is 273 Å². The number of hydrogen-bond acceptors (Lipinski definition) is 9. The van der Waals surface area contributed by atoms with E-state index < -0.39 is 41.5 Å². The number of nitrogens with one attached hydrogen (secondary N) is 1. The summed E-state index contributed by atoms with van der Waals surface area (Å²) >= 11 is 8.27. The van der Waals surface area contributed by atoms with Crippen molar-refractivity contribution in [3.8, 4) is 11.5 Å². The van der Waals surface area contributed by atoms with Crippen LogP contribution in [0.1, 0.15) is 53.4 Å². The first-order chi connectivity index (χ1) is 21.4. The summed E-state index contributed by atoms with van der Waals surface area (Å²) in [7, 11) is 1.60. The van der Waals surface area contributed by atoms with Crippen LogP contribution in [0, 0.1) is 17.3 Å². The summed E-state index contributed by atoms with van der Waals surface area (Å²) in [4.78, 5) is 45.7. The van der Waals surface area contributed by atoms with Gasteiger partial charge in [-0.05, 0) is 54.4 Å². The third-order valence-corrected chi connectivity index (χ3v) is 9.84. The minimum atomic E-state index is -0.939. The quantitative estimate of drug-likeness (QED) is 0.242. The number of fused-ring (bicyclic) bond motifs is 2. The lowest BCUT2D eigenvalue weighted by atomic mass is 9.85. The van der Waals surface area contributed by atoms with Crippen LogP contribution >= 0.6 is 23.4 Å². The summed E-state index contributed by atoms with van der Waals surface area (Å²) in [5.74, 6) is 2.04. The van der Waals surface area contributed by atoms with Crippen molar-refractivity contribution < 1.29 is 33.3 Å². The molecular formula is C32H43ClN4O7S. The molecule has 2 aromatic rings. The van der Waals surface area contributed by atoms with E-state index >= 15 is 0 Å². The summed E-state index contributed by atoms with van der Waals surface area (Å²) < 4.78 is 23.0. The highest BCUT2D eigenvalue weighted by Gasteiger charge is 2.48. The molecule has 3 N–H and O–H groups in total. The molecule has 0 spiro atoms. The van der Waals surface area contributed by atoms with Crippen molar-refractivity contribution in [2.75, 3.05) is 32.6 Å². The number of primary amides is 1. The smallest absolute Gasteiger partial charge is 0.408 e. The highest BCUT2D eigenvalue weighted by Crippen LogP contribution is 2.52. The minimum absolute atomic E-state index is 0.105. The first kappa shape index (κ1) is 33.4. The largest absolute Gasteiger partial charge is 0.490 e. The molecule has 1 aliphatic heterocycles. The number of hydrogen-bond donors (Lipinski definition) is 2. The van der Waals surface area contributed by atoms with Gasteiger partial charge in [0, 0.05) is 25.0 Å². The molecule has 1 aromatic carbocycles. The summed E-state index contributed by atoms with van der Waals surface area (Å²) in [6.45, 7) is 8.44. The number of carbonyl (C=O) groups excluding carboxylic acids is 3. The van der Waals surface area contributed by atoms with Crippen molar-refractivity contribution in [2.45, 2.75) is 82.7 Å². The lowest BCUT2D eigenvalue weighted by molar-refractivity contribution is -0.141. The van der Waals surface area contributed by atoms with Gasteiger partial charge in [0.05, 0.1) is 18.7 Å². The molecule has 1 saturated heterocycles. The van der Waals surface area contributed by atoms with Gasteiger partial charge in [-0.15, -0.1) is 11.8 Å².